The first-order valence-corrected chi connectivity index (χ1v) is 16.0. The molecule has 246 valence electrons. The summed E-state index contributed by atoms with van der Waals surface area (Å²) in [6.07, 6.45) is 2.07. The summed E-state index contributed by atoms with van der Waals surface area (Å²) in [4.78, 5) is 59.0. The molecule has 10 nitrogen and oxygen atoms in total. The van der Waals surface area contributed by atoms with Crippen LogP contribution in [0.25, 0.3) is 0 Å². The molecule has 3 aromatic rings. The van der Waals surface area contributed by atoms with Gasteiger partial charge in [0.15, 0.2) is 11.5 Å². The Kier molecular flexibility index (Phi) is 7.71. The molecule has 4 aliphatic rings. The summed E-state index contributed by atoms with van der Waals surface area (Å²) in [6.45, 7) is 1.67. The Morgan fingerprint density at radius 2 is 1.65 bits per heavy atom. The zero-order valence-corrected chi connectivity index (χ0v) is 27.1. The van der Waals surface area contributed by atoms with Gasteiger partial charge in [0.05, 0.1) is 51.7 Å². The SMILES string of the molecule is COc1cc(C2C3=CCC4C(=O)N(c5cccc(B(O)O)c5)C(=O)C4C3CC3C(=O)N(c4ccc(F)c(Cl)c4)C(=O)C32C)cc(Cl)c1O. The van der Waals surface area contributed by atoms with Gasteiger partial charge in [0.25, 0.3) is 0 Å². The molecule has 1 saturated carbocycles. The molecule has 48 heavy (non-hydrogen) atoms. The number of anilines is 2. The molecule has 6 unspecified atom stereocenters. The number of carbonyl (C=O) groups excluding carboxylic acids is 4. The van der Waals surface area contributed by atoms with E-state index in [0.717, 1.165) is 15.9 Å². The molecule has 0 aromatic heterocycles. The van der Waals surface area contributed by atoms with Crippen molar-refractivity contribution in [3.8, 4) is 11.5 Å². The predicted octanol–water partition coefficient (Wildman–Crippen LogP) is 3.96. The number of amides is 4. The summed E-state index contributed by atoms with van der Waals surface area (Å²) < 4.78 is 19.5. The van der Waals surface area contributed by atoms with Crippen LogP contribution in [0.2, 0.25) is 10.0 Å². The second kappa shape index (κ2) is 11.4. The summed E-state index contributed by atoms with van der Waals surface area (Å²) in [6, 6.07) is 12.5. The lowest BCUT2D eigenvalue weighted by Gasteiger charge is -2.49. The van der Waals surface area contributed by atoms with E-state index in [-0.39, 0.29) is 51.2 Å². The van der Waals surface area contributed by atoms with Gasteiger partial charge in [-0.25, -0.2) is 9.29 Å². The van der Waals surface area contributed by atoms with E-state index in [1.807, 2.05) is 6.08 Å². The van der Waals surface area contributed by atoms with E-state index in [1.165, 1.54) is 55.6 Å². The van der Waals surface area contributed by atoms with Gasteiger partial charge < -0.3 is 19.9 Å². The number of nitrogens with zero attached hydrogens (tertiary/aromatic N) is 2. The number of phenolic OH excluding ortho intramolecular Hbond substituents is 1. The van der Waals surface area contributed by atoms with Crippen LogP contribution in [0, 0.1) is 34.9 Å². The molecule has 3 aromatic carbocycles. The van der Waals surface area contributed by atoms with Gasteiger partial charge >= 0.3 is 7.12 Å². The normalized spacial score (nSPS) is 27.9. The van der Waals surface area contributed by atoms with Crippen LogP contribution in [0.1, 0.15) is 31.2 Å². The standard InChI is InChI=1S/C34H28BCl2FN2O8/c1-34-22(31(43)40(33(34)45)18-6-9-25(38)23(36)13-18)14-21-19(28(34)15-10-24(37)29(41)26(11-15)48-2)7-8-20-27(21)32(44)39(30(20)42)17-5-3-4-16(12-17)35(46)47/h3-7,9-13,20-22,27-28,41,46-47H,8,14H2,1-2H3. The number of halogens is 3. The minimum atomic E-state index is -1.82. The van der Waals surface area contributed by atoms with Crippen molar-refractivity contribution in [2.45, 2.75) is 25.7 Å². The van der Waals surface area contributed by atoms with E-state index in [0.29, 0.717) is 11.1 Å². The Balaban J connectivity index is 1.38. The highest BCUT2D eigenvalue weighted by Crippen LogP contribution is 2.64. The van der Waals surface area contributed by atoms with Gasteiger partial charge in [-0.1, -0.05) is 47.0 Å². The van der Waals surface area contributed by atoms with E-state index < -0.39 is 71.6 Å². The zero-order valence-electron chi connectivity index (χ0n) is 25.6. The molecule has 6 atom stereocenters. The molecule has 2 saturated heterocycles. The molecule has 0 bridgehead atoms. The third-order valence-corrected chi connectivity index (χ3v) is 11.0. The third kappa shape index (κ3) is 4.53. The summed E-state index contributed by atoms with van der Waals surface area (Å²) in [5, 5.41) is 29.7. The largest absolute Gasteiger partial charge is 0.503 e. The van der Waals surface area contributed by atoms with Gasteiger partial charge in [0, 0.05) is 5.92 Å². The average molecular weight is 693 g/mol. The lowest BCUT2D eigenvalue weighted by atomic mass is 9.51. The molecule has 2 aliphatic carbocycles. The highest BCUT2D eigenvalue weighted by Gasteiger charge is 2.67. The molecule has 14 heteroatoms. The number of imide groups is 2. The van der Waals surface area contributed by atoms with Gasteiger partial charge in [0.2, 0.25) is 23.6 Å². The van der Waals surface area contributed by atoms with Crippen molar-refractivity contribution >= 4 is 70.8 Å². The Morgan fingerprint density at radius 3 is 2.33 bits per heavy atom. The smallest absolute Gasteiger partial charge is 0.488 e. The van der Waals surface area contributed by atoms with Crippen molar-refractivity contribution in [2.75, 3.05) is 16.9 Å². The lowest BCUT2D eigenvalue weighted by molar-refractivity contribution is -0.131. The van der Waals surface area contributed by atoms with Gasteiger partial charge in [0.1, 0.15) is 5.82 Å². The Hall–Kier alpha value is -4.23. The number of hydrogen-bond donors (Lipinski definition) is 3. The first-order valence-electron chi connectivity index (χ1n) is 15.2. The molecule has 2 heterocycles. The summed E-state index contributed by atoms with van der Waals surface area (Å²) >= 11 is 12.5. The van der Waals surface area contributed by atoms with Crippen LogP contribution >= 0.6 is 23.2 Å². The molecule has 2 aliphatic heterocycles. The monoisotopic (exact) mass is 692 g/mol. The van der Waals surface area contributed by atoms with Crippen LogP contribution in [-0.2, 0) is 19.2 Å². The van der Waals surface area contributed by atoms with Crippen molar-refractivity contribution in [1.82, 2.24) is 0 Å². The van der Waals surface area contributed by atoms with Crippen LogP contribution in [-0.4, -0.2) is 53.0 Å². The van der Waals surface area contributed by atoms with Crippen molar-refractivity contribution in [1.29, 1.82) is 0 Å². The highest BCUT2D eigenvalue weighted by atomic mass is 35.5. The minimum Gasteiger partial charge on any atom is -0.503 e. The maximum absolute atomic E-state index is 14.6. The van der Waals surface area contributed by atoms with Gasteiger partial charge in [-0.2, -0.15) is 0 Å². The first kappa shape index (κ1) is 32.3. The summed E-state index contributed by atoms with van der Waals surface area (Å²) in [5.74, 6) is -7.24. The Bertz CT molecular complexity index is 1970. The van der Waals surface area contributed by atoms with Crippen molar-refractivity contribution < 1.29 is 43.5 Å². The first-order chi connectivity index (χ1) is 22.8. The number of aromatic hydroxyl groups is 1. The summed E-state index contributed by atoms with van der Waals surface area (Å²) in [7, 11) is -0.468. The maximum Gasteiger partial charge on any atom is 0.488 e. The molecule has 4 amide bonds. The van der Waals surface area contributed by atoms with E-state index in [1.54, 1.807) is 6.92 Å². The van der Waals surface area contributed by atoms with Crippen LogP contribution in [0.4, 0.5) is 15.8 Å². The number of methoxy groups -OCH3 is 1. The third-order valence-electron chi connectivity index (χ3n) is 10.5. The molecule has 7 rings (SSSR count). The van der Waals surface area contributed by atoms with Crippen LogP contribution < -0.4 is 20.0 Å². The highest BCUT2D eigenvalue weighted by molar-refractivity contribution is 6.58. The van der Waals surface area contributed by atoms with Gasteiger partial charge in [-0.05, 0) is 79.2 Å². The van der Waals surface area contributed by atoms with Crippen molar-refractivity contribution in [3.05, 3.63) is 87.7 Å². The fraction of sp³-hybridized carbons (Fsp3) is 0.294. The topological polar surface area (TPSA) is 145 Å². The Labute approximate surface area is 284 Å². The van der Waals surface area contributed by atoms with E-state index in [4.69, 9.17) is 27.9 Å². The quantitative estimate of drug-likeness (QED) is 0.207. The maximum atomic E-state index is 14.6. The molecule has 3 fully saturated rings. The van der Waals surface area contributed by atoms with Gasteiger partial charge in [-0.3, -0.25) is 24.1 Å². The van der Waals surface area contributed by atoms with Crippen molar-refractivity contribution in [3.63, 3.8) is 0 Å². The second-order valence-electron chi connectivity index (χ2n) is 12.8. The lowest BCUT2D eigenvalue weighted by Crippen LogP contribution is -2.48. The summed E-state index contributed by atoms with van der Waals surface area (Å²) in [5.41, 5.74) is 0.0624. The number of benzene rings is 3. The average Bonchev–Trinajstić information content (AvgIpc) is 3.43. The van der Waals surface area contributed by atoms with Crippen LogP contribution in [0.3, 0.4) is 0 Å². The number of carbonyl (C=O) groups is 4. The number of allylic oxidation sites excluding steroid dienone is 2. The van der Waals surface area contributed by atoms with Gasteiger partial charge in [-0.15, -0.1) is 0 Å². The molecular formula is C34H28BCl2FN2O8. The fourth-order valence-corrected chi connectivity index (χ4v) is 8.65. The van der Waals surface area contributed by atoms with E-state index >= 15 is 0 Å². The number of rotatable bonds is 5. The Morgan fingerprint density at radius 1 is 0.917 bits per heavy atom. The second-order valence-corrected chi connectivity index (χ2v) is 13.6. The molecule has 0 radical (unpaired) electrons. The molecule has 3 N–H and O–H groups in total. The van der Waals surface area contributed by atoms with E-state index in [9.17, 15) is 38.7 Å². The fourth-order valence-electron chi connectivity index (χ4n) is 8.26. The number of ether oxygens (including phenoxy) is 1. The minimum absolute atomic E-state index is 0.0391. The van der Waals surface area contributed by atoms with Crippen LogP contribution in [0.5, 0.6) is 11.5 Å². The van der Waals surface area contributed by atoms with Crippen LogP contribution in [0.15, 0.2) is 66.2 Å². The number of phenols is 1. The van der Waals surface area contributed by atoms with E-state index in [2.05, 4.69) is 0 Å². The molecule has 0 spiro atoms. The number of fused-ring (bicyclic) bond motifs is 4. The number of hydrogen-bond acceptors (Lipinski definition) is 8. The van der Waals surface area contributed by atoms with Crippen molar-refractivity contribution in [2.24, 2.45) is 29.1 Å². The zero-order chi connectivity index (χ0) is 34.4. The predicted molar refractivity (Wildman–Crippen MR) is 174 cm³/mol. The molecular weight excluding hydrogens is 665 g/mol.